The Morgan fingerprint density at radius 2 is 2.16 bits per heavy atom. The SMILES string of the molecule is CCOc1c(Br)cc(C(=O)NCC(c2cccs2)N(C)C)cc1OC. The summed E-state index contributed by atoms with van der Waals surface area (Å²) in [5.74, 6) is 0.987. The van der Waals surface area contributed by atoms with Crippen LogP contribution in [-0.2, 0) is 0 Å². The van der Waals surface area contributed by atoms with Crippen LogP contribution >= 0.6 is 27.3 Å². The molecule has 0 saturated carbocycles. The molecule has 1 N–H and O–H groups in total. The maximum atomic E-state index is 12.6. The monoisotopic (exact) mass is 426 g/mol. The first-order valence-electron chi connectivity index (χ1n) is 7.96. The number of carbonyl (C=O) groups is 1. The van der Waals surface area contributed by atoms with Gasteiger partial charge in [0.15, 0.2) is 11.5 Å². The van der Waals surface area contributed by atoms with Crippen molar-refractivity contribution in [1.29, 1.82) is 0 Å². The largest absolute Gasteiger partial charge is 0.493 e. The van der Waals surface area contributed by atoms with E-state index in [0.717, 1.165) is 0 Å². The van der Waals surface area contributed by atoms with Crippen LogP contribution in [0.25, 0.3) is 0 Å². The van der Waals surface area contributed by atoms with Crippen LogP contribution in [0, 0.1) is 0 Å². The Bertz CT molecular complexity index is 705. The highest BCUT2D eigenvalue weighted by molar-refractivity contribution is 9.10. The Balaban J connectivity index is 2.13. The molecule has 25 heavy (non-hydrogen) atoms. The van der Waals surface area contributed by atoms with Crippen LogP contribution in [0.3, 0.4) is 0 Å². The molecule has 0 bridgehead atoms. The minimum Gasteiger partial charge on any atom is -0.493 e. The molecule has 1 aromatic carbocycles. The second-order valence-electron chi connectivity index (χ2n) is 5.63. The van der Waals surface area contributed by atoms with Gasteiger partial charge in [0.05, 0.1) is 24.2 Å². The van der Waals surface area contributed by atoms with Gasteiger partial charge in [0.1, 0.15) is 0 Å². The first-order chi connectivity index (χ1) is 12.0. The first kappa shape index (κ1) is 19.8. The fraction of sp³-hybridized carbons (Fsp3) is 0.389. The number of hydrogen-bond donors (Lipinski definition) is 1. The van der Waals surface area contributed by atoms with Crippen LogP contribution < -0.4 is 14.8 Å². The van der Waals surface area contributed by atoms with Crippen molar-refractivity contribution in [2.24, 2.45) is 0 Å². The number of carbonyl (C=O) groups excluding carboxylic acids is 1. The molecule has 0 aliphatic rings. The lowest BCUT2D eigenvalue weighted by atomic mass is 10.1. The summed E-state index contributed by atoms with van der Waals surface area (Å²) in [7, 11) is 5.57. The zero-order valence-electron chi connectivity index (χ0n) is 14.8. The smallest absolute Gasteiger partial charge is 0.251 e. The highest BCUT2D eigenvalue weighted by Gasteiger charge is 2.19. The fourth-order valence-electron chi connectivity index (χ4n) is 2.45. The van der Waals surface area contributed by atoms with Crippen LogP contribution in [-0.4, -0.2) is 45.2 Å². The number of halogens is 1. The Labute approximate surface area is 161 Å². The van der Waals surface area contributed by atoms with Crippen LogP contribution in [0.15, 0.2) is 34.1 Å². The zero-order valence-corrected chi connectivity index (χ0v) is 17.2. The summed E-state index contributed by atoms with van der Waals surface area (Å²) in [6.45, 7) is 2.95. The predicted octanol–water partition coefficient (Wildman–Crippen LogP) is 3.95. The van der Waals surface area contributed by atoms with Gasteiger partial charge < -0.3 is 19.7 Å². The molecule has 0 aliphatic heterocycles. The van der Waals surface area contributed by atoms with E-state index in [1.54, 1.807) is 30.6 Å². The van der Waals surface area contributed by atoms with Gasteiger partial charge in [0.2, 0.25) is 0 Å². The summed E-state index contributed by atoms with van der Waals surface area (Å²) in [5, 5.41) is 5.05. The zero-order chi connectivity index (χ0) is 18.4. The third kappa shape index (κ3) is 4.96. The second-order valence-corrected chi connectivity index (χ2v) is 7.46. The van der Waals surface area contributed by atoms with Crippen LogP contribution in [0.5, 0.6) is 11.5 Å². The summed E-state index contributed by atoms with van der Waals surface area (Å²) in [4.78, 5) is 15.9. The van der Waals surface area contributed by atoms with Crippen molar-refractivity contribution in [2.45, 2.75) is 13.0 Å². The highest BCUT2D eigenvalue weighted by atomic mass is 79.9. The number of hydrogen-bond acceptors (Lipinski definition) is 5. The van der Waals surface area contributed by atoms with E-state index in [9.17, 15) is 4.79 Å². The molecular formula is C18H23BrN2O3S. The number of thiophene rings is 1. The number of nitrogens with zero attached hydrogens (tertiary/aromatic N) is 1. The summed E-state index contributed by atoms with van der Waals surface area (Å²) >= 11 is 5.14. The van der Waals surface area contributed by atoms with Crippen molar-refractivity contribution in [3.8, 4) is 11.5 Å². The molecule has 0 radical (unpaired) electrons. The number of nitrogens with one attached hydrogen (secondary N) is 1. The average Bonchev–Trinajstić information content (AvgIpc) is 3.10. The molecule has 0 spiro atoms. The summed E-state index contributed by atoms with van der Waals surface area (Å²) < 4.78 is 11.6. The highest BCUT2D eigenvalue weighted by Crippen LogP contribution is 2.36. The van der Waals surface area contributed by atoms with E-state index in [4.69, 9.17) is 9.47 Å². The van der Waals surface area contributed by atoms with Gasteiger partial charge in [-0.2, -0.15) is 0 Å². The topological polar surface area (TPSA) is 50.8 Å². The molecule has 1 amide bonds. The third-order valence-corrected chi connectivity index (χ3v) is 5.29. The second kappa shape index (κ2) is 9.22. The number of amides is 1. The maximum absolute atomic E-state index is 12.6. The van der Waals surface area contributed by atoms with Gasteiger partial charge in [-0.3, -0.25) is 4.79 Å². The van der Waals surface area contributed by atoms with E-state index >= 15 is 0 Å². The Morgan fingerprint density at radius 1 is 1.40 bits per heavy atom. The Hall–Kier alpha value is -1.57. The molecule has 2 aromatic rings. The maximum Gasteiger partial charge on any atom is 0.251 e. The minimum atomic E-state index is -0.148. The van der Waals surface area contributed by atoms with Gasteiger partial charge in [0.25, 0.3) is 5.91 Å². The van der Waals surface area contributed by atoms with Gasteiger partial charge in [-0.25, -0.2) is 0 Å². The Morgan fingerprint density at radius 3 is 2.72 bits per heavy atom. The van der Waals surface area contributed by atoms with Gasteiger partial charge >= 0.3 is 0 Å². The predicted molar refractivity (Wildman–Crippen MR) is 105 cm³/mol. The van der Waals surface area contributed by atoms with Gasteiger partial charge in [-0.05, 0) is 60.5 Å². The normalized spacial score (nSPS) is 12.1. The Kier molecular flexibility index (Phi) is 7.28. The van der Waals surface area contributed by atoms with E-state index in [1.807, 2.05) is 32.5 Å². The van der Waals surface area contributed by atoms with Gasteiger partial charge in [-0.1, -0.05) is 6.07 Å². The third-order valence-electron chi connectivity index (χ3n) is 3.73. The average molecular weight is 427 g/mol. The van der Waals surface area contributed by atoms with Crippen molar-refractivity contribution >= 4 is 33.2 Å². The fourth-order valence-corrected chi connectivity index (χ4v) is 3.92. The molecule has 5 nitrogen and oxygen atoms in total. The summed E-state index contributed by atoms with van der Waals surface area (Å²) in [6, 6.07) is 7.68. The molecule has 0 fully saturated rings. The number of rotatable bonds is 8. The lowest BCUT2D eigenvalue weighted by Gasteiger charge is -2.23. The lowest BCUT2D eigenvalue weighted by molar-refractivity contribution is 0.0942. The van der Waals surface area contributed by atoms with Gasteiger partial charge in [0, 0.05) is 17.0 Å². The minimum absolute atomic E-state index is 0.136. The van der Waals surface area contributed by atoms with Crippen LogP contribution in [0.4, 0.5) is 0 Å². The van der Waals surface area contributed by atoms with Crippen LogP contribution in [0.2, 0.25) is 0 Å². The summed E-state index contributed by atoms with van der Waals surface area (Å²) in [5.41, 5.74) is 0.524. The van der Waals surface area contributed by atoms with Crippen molar-refractivity contribution in [2.75, 3.05) is 34.4 Å². The van der Waals surface area contributed by atoms with Gasteiger partial charge in [-0.15, -0.1) is 11.3 Å². The molecule has 0 saturated heterocycles. The molecular weight excluding hydrogens is 404 g/mol. The van der Waals surface area contributed by atoms with Crippen LogP contribution in [0.1, 0.15) is 28.2 Å². The molecule has 1 unspecified atom stereocenters. The number of ether oxygens (including phenoxy) is 2. The summed E-state index contributed by atoms with van der Waals surface area (Å²) in [6.07, 6.45) is 0. The molecule has 136 valence electrons. The number of benzene rings is 1. The lowest BCUT2D eigenvalue weighted by Crippen LogP contribution is -2.34. The molecule has 1 aromatic heterocycles. The van der Waals surface area contributed by atoms with E-state index in [1.165, 1.54) is 4.88 Å². The number of methoxy groups -OCH3 is 1. The molecule has 0 aliphatic carbocycles. The first-order valence-corrected chi connectivity index (χ1v) is 9.63. The number of likely N-dealkylation sites (N-methyl/N-ethyl adjacent to an activating group) is 1. The van der Waals surface area contributed by atoms with Crippen molar-refractivity contribution in [1.82, 2.24) is 10.2 Å². The van der Waals surface area contributed by atoms with E-state index in [-0.39, 0.29) is 11.9 Å². The molecule has 7 heteroatoms. The van der Waals surface area contributed by atoms with Crippen molar-refractivity contribution in [3.05, 3.63) is 44.6 Å². The van der Waals surface area contributed by atoms with Crippen molar-refractivity contribution in [3.63, 3.8) is 0 Å². The molecule has 1 atom stereocenters. The molecule has 1 heterocycles. The molecule has 2 rings (SSSR count). The van der Waals surface area contributed by atoms with E-state index < -0.39 is 0 Å². The van der Waals surface area contributed by atoms with E-state index in [0.29, 0.717) is 34.7 Å². The quantitative estimate of drug-likeness (QED) is 0.693. The van der Waals surface area contributed by atoms with Crippen molar-refractivity contribution < 1.29 is 14.3 Å². The standard InChI is InChI=1S/C18H23BrN2O3S/c1-5-24-17-13(19)9-12(10-15(17)23-4)18(22)20-11-14(21(2)3)16-7-6-8-25-16/h6-10,14H,5,11H2,1-4H3,(H,20,22). The van der Waals surface area contributed by atoms with E-state index in [2.05, 4.69) is 32.2 Å².